The first-order valence-electron chi connectivity index (χ1n) is 7.00. The molecule has 2 nitrogen and oxygen atoms in total. The molecule has 0 aliphatic rings. The molecule has 0 spiro atoms. The van der Waals surface area contributed by atoms with Crippen molar-refractivity contribution in [3.05, 3.63) is 76.2 Å². The summed E-state index contributed by atoms with van der Waals surface area (Å²) in [6, 6.07) is 12.2. The van der Waals surface area contributed by atoms with Gasteiger partial charge in [0.1, 0.15) is 5.82 Å². The van der Waals surface area contributed by atoms with Gasteiger partial charge in [0.05, 0.1) is 5.69 Å². The number of carbonyl (C=O) groups is 1. The van der Waals surface area contributed by atoms with E-state index in [1.165, 1.54) is 23.9 Å². The van der Waals surface area contributed by atoms with Crippen molar-refractivity contribution in [1.29, 1.82) is 0 Å². The summed E-state index contributed by atoms with van der Waals surface area (Å²) in [5.74, 6) is -0.0742. The minimum absolute atomic E-state index is 0.125. The Morgan fingerprint density at radius 1 is 1.18 bits per heavy atom. The van der Waals surface area contributed by atoms with Gasteiger partial charge in [-0.3, -0.25) is 4.79 Å². The van der Waals surface area contributed by atoms with Crippen LogP contribution in [0, 0.1) is 5.82 Å². The minimum atomic E-state index is -0.382. The highest BCUT2D eigenvalue weighted by Gasteiger charge is 2.04. The summed E-state index contributed by atoms with van der Waals surface area (Å²) in [6.45, 7) is 4.21. The summed E-state index contributed by atoms with van der Waals surface area (Å²) in [6.07, 6.45) is 2.84. The lowest BCUT2D eigenvalue weighted by atomic mass is 10.0. The second-order valence-electron chi connectivity index (χ2n) is 5.24. The van der Waals surface area contributed by atoms with Crippen LogP contribution in [0.2, 0.25) is 0 Å². The summed E-state index contributed by atoms with van der Waals surface area (Å²) < 4.78 is 14.3. The van der Waals surface area contributed by atoms with Gasteiger partial charge in [-0.05, 0) is 29.7 Å². The maximum Gasteiger partial charge on any atom is 0.187 e. The van der Waals surface area contributed by atoms with E-state index >= 15 is 0 Å². The predicted octanol–water partition coefficient (Wildman–Crippen LogP) is 5.52. The van der Waals surface area contributed by atoms with E-state index < -0.39 is 0 Å². The van der Waals surface area contributed by atoms with Crippen LogP contribution in [-0.4, -0.2) is 5.78 Å². The molecule has 0 saturated carbocycles. The summed E-state index contributed by atoms with van der Waals surface area (Å²) >= 11 is 3.19. The monoisotopic (exact) mass is 361 g/mol. The van der Waals surface area contributed by atoms with E-state index in [-0.39, 0.29) is 11.6 Å². The molecule has 0 saturated heterocycles. The fraction of sp³-hybridized carbons (Fsp3) is 0.167. The standard InChI is InChI=1S/C18H17BrFNO/c1-12(2)13-3-5-14(6-4-13)18(22)9-10-21-17-8-7-15(19)11-16(17)20/h3-12,21H,1-2H3/b10-9+. The maximum atomic E-state index is 13.6. The molecule has 0 heterocycles. The molecule has 22 heavy (non-hydrogen) atoms. The maximum absolute atomic E-state index is 13.6. The van der Waals surface area contributed by atoms with Crippen LogP contribution in [0.3, 0.4) is 0 Å². The van der Waals surface area contributed by atoms with Gasteiger partial charge in [0, 0.05) is 22.3 Å². The Kier molecular flexibility index (Phi) is 5.50. The fourth-order valence-corrected chi connectivity index (χ4v) is 2.28. The number of allylic oxidation sites excluding steroid dienone is 1. The second-order valence-corrected chi connectivity index (χ2v) is 6.16. The zero-order valence-corrected chi connectivity index (χ0v) is 14.0. The predicted molar refractivity (Wildman–Crippen MR) is 91.7 cm³/mol. The molecule has 2 aromatic carbocycles. The molecule has 0 atom stereocenters. The van der Waals surface area contributed by atoms with Crippen LogP contribution in [0.4, 0.5) is 10.1 Å². The molecule has 0 radical (unpaired) electrons. The lowest BCUT2D eigenvalue weighted by Gasteiger charge is -2.05. The van der Waals surface area contributed by atoms with E-state index in [0.29, 0.717) is 21.6 Å². The van der Waals surface area contributed by atoms with Crippen LogP contribution in [0.1, 0.15) is 35.7 Å². The third-order valence-corrected chi connectivity index (χ3v) is 3.76. The number of nitrogens with one attached hydrogen (secondary N) is 1. The largest absolute Gasteiger partial charge is 0.359 e. The molecule has 2 aromatic rings. The Balaban J connectivity index is 2.02. The highest BCUT2D eigenvalue weighted by atomic mass is 79.9. The Hall–Kier alpha value is -1.94. The number of halogens is 2. The molecule has 0 aliphatic carbocycles. The Morgan fingerprint density at radius 3 is 2.45 bits per heavy atom. The van der Waals surface area contributed by atoms with Crippen molar-refractivity contribution in [1.82, 2.24) is 0 Å². The van der Waals surface area contributed by atoms with E-state index in [2.05, 4.69) is 35.1 Å². The van der Waals surface area contributed by atoms with Crippen molar-refractivity contribution in [2.45, 2.75) is 19.8 Å². The number of rotatable bonds is 5. The summed E-state index contributed by atoms with van der Waals surface area (Å²) in [5.41, 5.74) is 2.12. The lowest BCUT2D eigenvalue weighted by molar-refractivity contribution is 0.104. The van der Waals surface area contributed by atoms with Gasteiger partial charge < -0.3 is 5.32 Å². The molecule has 4 heteroatoms. The summed E-state index contributed by atoms with van der Waals surface area (Å²) in [5, 5.41) is 2.77. The number of hydrogen-bond acceptors (Lipinski definition) is 2. The van der Waals surface area contributed by atoms with E-state index in [9.17, 15) is 9.18 Å². The number of anilines is 1. The Morgan fingerprint density at radius 2 is 1.86 bits per heavy atom. The van der Waals surface area contributed by atoms with Crippen LogP contribution in [0.5, 0.6) is 0 Å². The van der Waals surface area contributed by atoms with Crippen molar-refractivity contribution in [3.8, 4) is 0 Å². The van der Waals surface area contributed by atoms with Gasteiger partial charge in [-0.1, -0.05) is 54.0 Å². The quantitative estimate of drug-likeness (QED) is 0.561. The third-order valence-electron chi connectivity index (χ3n) is 3.27. The van der Waals surface area contributed by atoms with Crippen LogP contribution in [0.25, 0.3) is 0 Å². The molecular weight excluding hydrogens is 345 g/mol. The number of benzene rings is 2. The van der Waals surface area contributed by atoms with Gasteiger partial charge in [-0.2, -0.15) is 0 Å². The van der Waals surface area contributed by atoms with Crippen LogP contribution >= 0.6 is 15.9 Å². The van der Waals surface area contributed by atoms with Gasteiger partial charge >= 0.3 is 0 Å². The first-order valence-corrected chi connectivity index (χ1v) is 7.79. The highest BCUT2D eigenvalue weighted by molar-refractivity contribution is 9.10. The van der Waals surface area contributed by atoms with Crippen molar-refractivity contribution in [2.24, 2.45) is 0 Å². The van der Waals surface area contributed by atoms with Gasteiger partial charge in [0.2, 0.25) is 0 Å². The van der Waals surface area contributed by atoms with Crippen molar-refractivity contribution >= 4 is 27.4 Å². The topological polar surface area (TPSA) is 29.1 Å². The van der Waals surface area contributed by atoms with Crippen molar-refractivity contribution in [2.75, 3.05) is 5.32 Å². The number of carbonyl (C=O) groups excluding carboxylic acids is 1. The molecule has 0 unspecified atom stereocenters. The average molecular weight is 362 g/mol. The minimum Gasteiger partial charge on any atom is -0.359 e. The SMILES string of the molecule is CC(C)c1ccc(C(=O)/C=C/Nc2ccc(Br)cc2F)cc1. The molecule has 0 aliphatic heterocycles. The highest BCUT2D eigenvalue weighted by Crippen LogP contribution is 2.19. The van der Waals surface area contributed by atoms with Crippen molar-refractivity contribution < 1.29 is 9.18 Å². The van der Waals surface area contributed by atoms with E-state index in [1.807, 2.05) is 24.3 Å². The lowest BCUT2D eigenvalue weighted by Crippen LogP contribution is -1.98. The van der Waals surface area contributed by atoms with Crippen LogP contribution in [0.15, 0.2) is 59.2 Å². The molecule has 114 valence electrons. The normalized spacial score (nSPS) is 11.1. The second kappa shape index (κ2) is 7.36. The molecule has 0 fully saturated rings. The molecular formula is C18H17BrFNO. The van der Waals surface area contributed by atoms with E-state index in [4.69, 9.17) is 0 Å². The zero-order valence-electron chi connectivity index (χ0n) is 12.4. The summed E-state index contributed by atoms with van der Waals surface area (Å²) in [4.78, 5) is 12.0. The summed E-state index contributed by atoms with van der Waals surface area (Å²) in [7, 11) is 0. The molecule has 1 N–H and O–H groups in total. The average Bonchev–Trinajstić information content (AvgIpc) is 2.49. The molecule has 0 amide bonds. The van der Waals surface area contributed by atoms with Crippen LogP contribution < -0.4 is 5.32 Å². The molecule has 0 bridgehead atoms. The van der Waals surface area contributed by atoms with Crippen LogP contribution in [-0.2, 0) is 0 Å². The first-order chi connectivity index (χ1) is 10.5. The first kappa shape index (κ1) is 16.4. The number of hydrogen-bond donors (Lipinski definition) is 1. The number of ketones is 1. The van der Waals surface area contributed by atoms with E-state index in [0.717, 1.165) is 0 Å². The zero-order chi connectivity index (χ0) is 16.1. The molecule has 0 aromatic heterocycles. The van der Waals surface area contributed by atoms with E-state index in [1.54, 1.807) is 12.1 Å². The van der Waals surface area contributed by atoms with Crippen molar-refractivity contribution in [3.63, 3.8) is 0 Å². The third kappa shape index (κ3) is 4.28. The fourth-order valence-electron chi connectivity index (χ4n) is 1.94. The van der Waals surface area contributed by atoms with Gasteiger partial charge in [0.15, 0.2) is 5.78 Å². The van der Waals surface area contributed by atoms with Gasteiger partial charge in [-0.25, -0.2) is 4.39 Å². The van der Waals surface area contributed by atoms with Gasteiger partial charge in [0.25, 0.3) is 0 Å². The Bertz CT molecular complexity index is 693. The smallest absolute Gasteiger partial charge is 0.187 e. The van der Waals surface area contributed by atoms with Gasteiger partial charge in [-0.15, -0.1) is 0 Å². The molecule has 2 rings (SSSR count). The Labute approximate surface area is 138 Å².